The molecule has 0 aliphatic heterocycles. The molecule has 1 aromatic heterocycles. The van der Waals surface area contributed by atoms with E-state index in [1.807, 2.05) is 13.8 Å². The molecule has 0 fully saturated rings. The lowest BCUT2D eigenvalue weighted by atomic mass is 10.0. The van der Waals surface area contributed by atoms with E-state index in [0.717, 1.165) is 49.3 Å². The van der Waals surface area contributed by atoms with Gasteiger partial charge < -0.3 is 9.84 Å². The predicted octanol–water partition coefficient (Wildman–Crippen LogP) is 5.70. The van der Waals surface area contributed by atoms with E-state index in [-0.39, 0.29) is 0 Å². The largest absolute Gasteiger partial charge is 0.478 e. The van der Waals surface area contributed by atoms with E-state index in [1.54, 1.807) is 5.38 Å². The summed E-state index contributed by atoms with van der Waals surface area (Å²) >= 11 is 1.53. The number of carbonyl (C=O) groups is 1. The van der Waals surface area contributed by atoms with Crippen molar-refractivity contribution in [2.75, 3.05) is 13.2 Å². The number of hydrogen-bond donors (Lipinski definition) is 1. The Bertz CT molecular complexity index is 567. The van der Waals surface area contributed by atoms with Gasteiger partial charge in [-0.3, -0.25) is 0 Å². The third-order valence-corrected chi connectivity index (χ3v) is 4.96. The number of rotatable bonds is 10. The second-order valence-corrected chi connectivity index (χ2v) is 6.55. The van der Waals surface area contributed by atoms with Gasteiger partial charge in [-0.05, 0) is 57.6 Å². The monoisotopic (exact) mass is 336 g/mol. The molecular weight excluding hydrogens is 308 g/mol. The normalized spacial score (nSPS) is 12.7. The zero-order valence-corrected chi connectivity index (χ0v) is 15.5. The molecule has 0 aliphatic carbocycles. The second-order valence-electron chi connectivity index (χ2n) is 5.67. The molecule has 0 aliphatic rings. The Balaban J connectivity index is 2.58. The van der Waals surface area contributed by atoms with Crippen LogP contribution >= 0.6 is 11.3 Å². The molecule has 0 bridgehead atoms. The van der Waals surface area contributed by atoms with Gasteiger partial charge in [0.1, 0.15) is 0 Å². The van der Waals surface area contributed by atoms with Crippen molar-refractivity contribution >= 4 is 22.9 Å². The molecule has 0 saturated heterocycles. The molecule has 3 nitrogen and oxygen atoms in total. The first-order valence-corrected chi connectivity index (χ1v) is 9.09. The Labute approximate surface area is 143 Å². The topological polar surface area (TPSA) is 46.5 Å². The molecule has 0 spiro atoms. The second kappa shape index (κ2) is 10.4. The zero-order valence-electron chi connectivity index (χ0n) is 14.6. The van der Waals surface area contributed by atoms with Gasteiger partial charge in [0.05, 0.1) is 12.2 Å². The summed E-state index contributed by atoms with van der Waals surface area (Å²) in [6.45, 7) is 9.80. The van der Waals surface area contributed by atoms with E-state index >= 15 is 0 Å². The van der Waals surface area contributed by atoms with E-state index in [4.69, 9.17) is 4.74 Å². The maximum Gasteiger partial charge on any atom is 0.336 e. The fraction of sp³-hybridized carbons (Fsp3) is 0.526. The molecule has 128 valence electrons. The highest BCUT2D eigenvalue weighted by Crippen LogP contribution is 2.32. The van der Waals surface area contributed by atoms with Crippen LogP contribution in [0.15, 0.2) is 23.1 Å². The lowest BCUT2D eigenvalue weighted by molar-refractivity contribution is 0.0696. The zero-order chi connectivity index (χ0) is 17.2. The summed E-state index contributed by atoms with van der Waals surface area (Å²) in [4.78, 5) is 12.3. The number of ether oxygens (including phenoxy) is 1. The maximum absolute atomic E-state index is 11.2. The van der Waals surface area contributed by atoms with Crippen LogP contribution in [0.2, 0.25) is 0 Å². The van der Waals surface area contributed by atoms with E-state index < -0.39 is 5.97 Å². The number of aromatic carboxylic acids is 1. The van der Waals surface area contributed by atoms with Crippen LogP contribution in [0.3, 0.4) is 0 Å². The SMILES string of the molecule is C/C=C(/CC/C(C)=C\CCOCCC)c1scc(C(=O)O)c1C. The quantitative estimate of drug-likeness (QED) is 0.440. The van der Waals surface area contributed by atoms with E-state index in [2.05, 4.69) is 26.0 Å². The van der Waals surface area contributed by atoms with Crippen LogP contribution in [0.25, 0.3) is 5.57 Å². The number of hydrogen-bond acceptors (Lipinski definition) is 3. The molecule has 23 heavy (non-hydrogen) atoms. The van der Waals surface area contributed by atoms with Crippen LogP contribution < -0.4 is 0 Å². The van der Waals surface area contributed by atoms with Crippen LogP contribution in [0.1, 0.15) is 67.3 Å². The average molecular weight is 336 g/mol. The van der Waals surface area contributed by atoms with E-state index in [9.17, 15) is 9.90 Å². The van der Waals surface area contributed by atoms with Crippen molar-refractivity contribution < 1.29 is 14.6 Å². The summed E-state index contributed by atoms with van der Waals surface area (Å²) in [6.07, 6.45) is 8.29. The van der Waals surface area contributed by atoms with Crippen molar-refractivity contribution in [2.45, 2.75) is 53.4 Å². The smallest absolute Gasteiger partial charge is 0.336 e. The van der Waals surface area contributed by atoms with Crippen molar-refractivity contribution in [3.8, 4) is 0 Å². The third-order valence-electron chi connectivity index (χ3n) is 3.80. The Morgan fingerprint density at radius 1 is 1.35 bits per heavy atom. The predicted molar refractivity (Wildman–Crippen MR) is 98.4 cm³/mol. The Hall–Kier alpha value is -1.39. The molecule has 0 amide bonds. The molecule has 1 N–H and O–H groups in total. The Morgan fingerprint density at radius 2 is 2.09 bits per heavy atom. The summed E-state index contributed by atoms with van der Waals surface area (Å²) < 4.78 is 5.48. The average Bonchev–Trinajstić information content (AvgIpc) is 2.90. The molecule has 0 atom stereocenters. The van der Waals surface area contributed by atoms with Gasteiger partial charge in [0.15, 0.2) is 0 Å². The molecule has 0 radical (unpaired) electrons. The minimum absolute atomic E-state index is 0.421. The van der Waals surface area contributed by atoms with Gasteiger partial charge in [-0.1, -0.05) is 24.6 Å². The Morgan fingerprint density at radius 3 is 2.65 bits per heavy atom. The number of thiophene rings is 1. The van der Waals surface area contributed by atoms with Crippen LogP contribution in [-0.2, 0) is 4.74 Å². The fourth-order valence-electron chi connectivity index (χ4n) is 2.40. The molecule has 1 aromatic rings. The van der Waals surface area contributed by atoms with Gasteiger partial charge in [0, 0.05) is 16.9 Å². The van der Waals surface area contributed by atoms with Crippen molar-refractivity contribution in [1.82, 2.24) is 0 Å². The van der Waals surface area contributed by atoms with Gasteiger partial charge in [0.2, 0.25) is 0 Å². The standard InChI is InChI=1S/C19H28O3S/c1-5-11-22-12-7-8-14(3)9-10-16(6-2)18-15(4)17(13-23-18)19(20)21/h6,8,13H,5,7,9-12H2,1-4H3,(H,20,21)/b14-8-,16-6-. The number of allylic oxidation sites excluding steroid dienone is 3. The fourth-order valence-corrected chi connectivity index (χ4v) is 3.57. The maximum atomic E-state index is 11.2. The molecule has 1 rings (SSSR count). The summed E-state index contributed by atoms with van der Waals surface area (Å²) in [5.41, 5.74) is 3.89. The summed E-state index contributed by atoms with van der Waals surface area (Å²) in [5, 5.41) is 10.9. The van der Waals surface area contributed by atoms with Crippen LogP contribution in [-0.4, -0.2) is 24.3 Å². The Kier molecular flexibility index (Phi) is 8.89. The molecular formula is C19H28O3S. The molecule has 1 heterocycles. The molecule has 4 heteroatoms. The summed E-state index contributed by atoms with van der Waals surface area (Å²) in [7, 11) is 0. The molecule has 0 unspecified atom stereocenters. The minimum Gasteiger partial charge on any atom is -0.478 e. The lowest BCUT2D eigenvalue weighted by Crippen LogP contribution is -1.97. The number of carboxylic acid groups (broad SMARTS) is 1. The van der Waals surface area contributed by atoms with Crippen LogP contribution in [0, 0.1) is 6.92 Å². The highest BCUT2D eigenvalue weighted by molar-refractivity contribution is 7.11. The van der Waals surface area contributed by atoms with E-state index in [1.165, 1.54) is 22.5 Å². The van der Waals surface area contributed by atoms with Gasteiger partial charge in [-0.25, -0.2) is 4.79 Å². The van der Waals surface area contributed by atoms with Gasteiger partial charge in [-0.2, -0.15) is 0 Å². The lowest BCUT2D eigenvalue weighted by Gasteiger charge is -2.08. The highest BCUT2D eigenvalue weighted by Gasteiger charge is 2.15. The van der Waals surface area contributed by atoms with Crippen LogP contribution in [0.4, 0.5) is 0 Å². The first-order valence-electron chi connectivity index (χ1n) is 8.21. The summed E-state index contributed by atoms with van der Waals surface area (Å²) in [5.74, 6) is -0.844. The molecule has 0 saturated carbocycles. The van der Waals surface area contributed by atoms with Crippen molar-refractivity contribution in [3.63, 3.8) is 0 Å². The number of carboxylic acids is 1. The molecule has 0 aromatic carbocycles. The minimum atomic E-state index is -0.844. The highest BCUT2D eigenvalue weighted by atomic mass is 32.1. The van der Waals surface area contributed by atoms with Crippen molar-refractivity contribution in [3.05, 3.63) is 39.1 Å². The van der Waals surface area contributed by atoms with Gasteiger partial charge >= 0.3 is 5.97 Å². The van der Waals surface area contributed by atoms with Crippen molar-refractivity contribution in [2.24, 2.45) is 0 Å². The van der Waals surface area contributed by atoms with Gasteiger partial charge in [-0.15, -0.1) is 11.3 Å². The first-order chi connectivity index (χ1) is 11.0. The third kappa shape index (κ3) is 6.32. The van der Waals surface area contributed by atoms with Gasteiger partial charge in [0.25, 0.3) is 0 Å². The van der Waals surface area contributed by atoms with E-state index in [0.29, 0.717) is 5.56 Å². The first kappa shape index (κ1) is 19.7. The summed E-state index contributed by atoms with van der Waals surface area (Å²) in [6, 6.07) is 0. The van der Waals surface area contributed by atoms with Crippen molar-refractivity contribution in [1.29, 1.82) is 0 Å². The van der Waals surface area contributed by atoms with Crippen LogP contribution in [0.5, 0.6) is 0 Å².